The lowest BCUT2D eigenvalue weighted by Crippen LogP contribution is -2.35. The SMILES string of the molecule is [2H]c1c(C)[n+](C)c(-c2cc(C3CCCCC3)ccc2C)c2ccc(C)cc12. The van der Waals surface area contributed by atoms with Gasteiger partial charge in [-0.25, -0.2) is 0 Å². The molecule has 1 fully saturated rings. The summed E-state index contributed by atoms with van der Waals surface area (Å²) in [4.78, 5) is 0. The van der Waals surface area contributed by atoms with Crippen molar-refractivity contribution in [2.75, 3.05) is 0 Å². The van der Waals surface area contributed by atoms with E-state index < -0.39 is 0 Å². The fourth-order valence-electron chi connectivity index (χ4n) is 4.51. The molecule has 0 spiro atoms. The molecule has 1 nitrogen and oxygen atoms in total. The highest BCUT2D eigenvalue weighted by Crippen LogP contribution is 2.36. The van der Waals surface area contributed by atoms with E-state index in [0.29, 0.717) is 12.0 Å². The predicted molar refractivity (Wildman–Crippen MR) is 111 cm³/mol. The highest BCUT2D eigenvalue weighted by Gasteiger charge is 2.22. The summed E-state index contributed by atoms with van der Waals surface area (Å²) < 4.78 is 10.8. The lowest BCUT2D eigenvalue weighted by atomic mass is 9.82. The zero-order chi connectivity index (χ0) is 19.1. The molecule has 0 atom stereocenters. The molecule has 4 rings (SSSR count). The fourth-order valence-corrected chi connectivity index (χ4v) is 4.51. The Balaban J connectivity index is 1.97. The molecule has 2 aromatic carbocycles. The molecule has 0 aliphatic heterocycles. The second-order valence-corrected chi connectivity index (χ2v) is 8.08. The van der Waals surface area contributed by atoms with Gasteiger partial charge in [0.15, 0.2) is 5.69 Å². The third-order valence-corrected chi connectivity index (χ3v) is 6.18. The molecule has 26 heavy (non-hydrogen) atoms. The Morgan fingerprint density at radius 3 is 2.50 bits per heavy atom. The van der Waals surface area contributed by atoms with Crippen LogP contribution in [-0.2, 0) is 7.05 Å². The Kier molecular flexibility index (Phi) is 4.24. The smallest absolute Gasteiger partial charge is 0.198 e. The fraction of sp³-hybridized carbons (Fsp3) is 0.400. The van der Waals surface area contributed by atoms with Crippen LogP contribution in [0.5, 0.6) is 0 Å². The first kappa shape index (κ1) is 16.1. The van der Waals surface area contributed by atoms with Crippen LogP contribution in [0.15, 0.2) is 42.4 Å². The number of benzene rings is 2. The summed E-state index contributed by atoms with van der Waals surface area (Å²) in [5, 5.41) is 2.24. The van der Waals surface area contributed by atoms with Crippen molar-refractivity contribution < 1.29 is 5.94 Å². The molecule has 134 valence electrons. The summed E-state index contributed by atoms with van der Waals surface area (Å²) in [6, 6.07) is 14.2. The van der Waals surface area contributed by atoms with E-state index in [1.165, 1.54) is 65.4 Å². The quantitative estimate of drug-likeness (QED) is 0.480. The second kappa shape index (κ2) is 6.87. The van der Waals surface area contributed by atoms with Gasteiger partial charge in [0.1, 0.15) is 7.05 Å². The van der Waals surface area contributed by atoms with Gasteiger partial charge < -0.3 is 0 Å². The van der Waals surface area contributed by atoms with Crippen LogP contribution >= 0.6 is 0 Å². The molecular formula is C25H30N+. The topological polar surface area (TPSA) is 3.88 Å². The zero-order valence-corrected chi connectivity index (χ0v) is 16.5. The lowest BCUT2D eigenvalue weighted by Gasteiger charge is -2.23. The number of hydrogen-bond acceptors (Lipinski definition) is 0. The third kappa shape index (κ3) is 3.05. The van der Waals surface area contributed by atoms with Gasteiger partial charge >= 0.3 is 0 Å². The molecule has 0 bridgehead atoms. The van der Waals surface area contributed by atoms with Gasteiger partial charge in [-0.2, -0.15) is 4.57 Å². The maximum absolute atomic E-state index is 8.62. The van der Waals surface area contributed by atoms with E-state index in [0.717, 1.165) is 11.1 Å². The summed E-state index contributed by atoms with van der Waals surface area (Å²) in [7, 11) is 2.11. The molecular weight excluding hydrogens is 314 g/mol. The Labute approximate surface area is 159 Å². The van der Waals surface area contributed by atoms with Crippen molar-refractivity contribution in [3.8, 4) is 11.3 Å². The van der Waals surface area contributed by atoms with Gasteiger partial charge in [0.25, 0.3) is 0 Å². The van der Waals surface area contributed by atoms with Crippen LogP contribution in [0.4, 0.5) is 0 Å². The van der Waals surface area contributed by atoms with Crippen molar-refractivity contribution >= 4 is 10.8 Å². The van der Waals surface area contributed by atoms with E-state index in [1.54, 1.807) is 0 Å². The van der Waals surface area contributed by atoms with Gasteiger partial charge in [-0.3, -0.25) is 0 Å². The Morgan fingerprint density at radius 2 is 1.73 bits per heavy atom. The number of aryl methyl sites for hydroxylation is 2. The molecule has 1 aromatic heterocycles. The first-order valence-corrected chi connectivity index (χ1v) is 9.98. The van der Waals surface area contributed by atoms with Crippen LogP contribution in [0.1, 0.15) is 61.8 Å². The third-order valence-electron chi connectivity index (χ3n) is 6.18. The van der Waals surface area contributed by atoms with Crippen molar-refractivity contribution in [2.45, 2.75) is 58.8 Å². The standard InChI is InChI=1S/C25H30N/c1-17-10-13-23-22(14-17)15-19(3)26(4)25(23)24-16-21(12-11-18(24)2)20-8-6-5-7-9-20/h10-16,20H,5-9H2,1-4H3/q+1/i15D. The van der Waals surface area contributed by atoms with E-state index in [2.05, 4.69) is 68.8 Å². The molecule has 0 N–H and O–H groups in total. The molecule has 0 amide bonds. The molecule has 0 unspecified atom stereocenters. The second-order valence-electron chi connectivity index (χ2n) is 8.08. The number of hydrogen-bond donors (Lipinski definition) is 0. The molecule has 0 saturated heterocycles. The average molecular weight is 346 g/mol. The average Bonchev–Trinajstić information content (AvgIpc) is 2.69. The van der Waals surface area contributed by atoms with Crippen molar-refractivity contribution in [3.05, 3.63) is 64.8 Å². The van der Waals surface area contributed by atoms with Crippen LogP contribution in [0.2, 0.25) is 0 Å². The van der Waals surface area contributed by atoms with Crippen LogP contribution in [-0.4, -0.2) is 0 Å². The number of pyridine rings is 1. The first-order chi connectivity index (χ1) is 13.0. The minimum atomic E-state index is 0.640. The van der Waals surface area contributed by atoms with Crippen LogP contribution in [0.25, 0.3) is 22.0 Å². The van der Waals surface area contributed by atoms with E-state index in [-0.39, 0.29) is 0 Å². The van der Waals surface area contributed by atoms with Gasteiger partial charge in [-0.05, 0) is 61.3 Å². The Morgan fingerprint density at radius 1 is 0.962 bits per heavy atom. The Bertz CT molecular complexity index is 1010. The molecule has 1 heterocycles. The van der Waals surface area contributed by atoms with Crippen LogP contribution < -0.4 is 4.57 Å². The van der Waals surface area contributed by atoms with Crippen molar-refractivity contribution in [1.29, 1.82) is 0 Å². The zero-order valence-electron chi connectivity index (χ0n) is 17.5. The van der Waals surface area contributed by atoms with Crippen LogP contribution in [0.3, 0.4) is 0 Å². The monoisotopic (exact) mass is 345 g/mol. The van der Waals surface area contributed by atoms with Crippen LogP contribution in [0, 0.1) is 20.8 Å². The molecule has 3 aromatic rings. The predicted octanol–water partition coefficient (Wildman–Crippen LogP) is 6.30. The molecule has 1 aliphatic carbocycles. The summed E-state index contributed by atoms with van der Waals surface area (Å²) in [5.74, 6) is 0.702. The lowest BCUT2D eigenvalue weighted by molar-refractivity contribution is -0.665. The number of aromatic nitrogens is 1. The highest BCUT2D eigenvalue weighted by molar-refractivity contribution is 5.94. The first-order valence-electron chi connectivity index (χ1n) is 10.5. The number of rotatable bonds is 2. The highest BCUT2D eigenvalue weighted by atomic mass is 14.9. The summed E-state index contributed by atoms with van der Waals surface area (Å²) in [6.07, 6.45) is 6.74. The maximum Gasteiger partial charge on any atom is 0.220 e. The minimum Gasteiger partial charge on any atom is -0.198 e. The van der Waals surface area contributed by atoms with E-state index in [9.17, 15) is 0 Å². The normalized spacial score (nSPS) is 16.1. The van der Waals surface area contributed by atoms with Gasteiger partial charge in [0.2, 0.25) is 5.69 Å². The summed E-state index contributed by atoms with van der Waals surface area (Å²) >= 11 is 0. The summed E-state index contributed by atoms with van der Waals surface area (Å²) in [6.45, 7) is 6.38. The largest absolute Gasteiger partial charge is 0.220 e. The van der Waals surface area contributed by atoms with Gasteiger partial charge in [-0.1, -0.05) is 49.1 Å². The molecule has 1 saturated carbocycles. The van der Waals surface area contributed by atoms with Gasteiger partial charge in [-0.15, -0.1) is 0 Å². The maximum atomic E-state index is 8.62. The molecule has 1 aliphatic rings. The van der Waals surface area contributed by atoms with Crippen molar-refractivity contribution in [1.82, 2.24) is 0 Å². The minimum absolute atomic E-state index is 0.640. The number of nitrogens with zero attached hydrogens (tertiary/aromatic N) is 1. The van der Waals surface area contributed by atoms with Crippen molar-refractivity contribution in [2.24, 2.45) is 7.05 Å². The Hall–Kier alpha value is -2.15. The van der Waals surface area contributed by atoms with Crippen molar-refractivity contribution in [3.63, 3.8) is 0 Å². The van der Waals surface area contributed by atoms with E-state index in [1.807, 2.05) is 0 Å². The molecule has 0 radical (unpaired) electrons. The number of fused-ring (bicyclic) bond motifs is 1. The summed E-state index contributed by atoms with van der Waals surface area (Å²) in [5.41, 5.74) is 7.59. The van der Waals surface area contributed by atoms with Gasteiger partial charge in [0, 0.05) is 18.5 Å². The van der Waals surface area contributed by atoms with E-state index in [4.69, 9.17) is 1.37 Å². The van der Waals surface area contributed by atoms with Gasteiger partial charge in [0.05, 0.1) is 6.76 Å². The molecule has 1 heteroatoms. The van der Waals surface area contributed by atoms with E-state index >= 15 is 0 Å².